The lowest BCUT2D eigenvalue weighted by Gasteiger charge is -2.34. The van der Waals surface area contributed by atoms with Gasteiger partial charge in [-0.3, -0.25) is 9.59 Å². The monoisotopic (exact) mass is 493 g/mol. The first-order valence-corrected chi connectivity index (χ1v) is 12.8. The van der Waals surface area contributed by atoms with Crippen LogP contribution in [0.1, 0.15) is 71.8 Å². The highest BCUT2D eigenvalue weighted by Gasteiger charge is 2.40. The molecule has 3 rings (SSSR count). The van der Waals surface area contributed by atoms with Crippen LogP contribution in [-0.2, 0) is 14.3 Å². The second-order valence-corrected chi connectivity index (χ2v) is 10.5. The Morgan fingerprint density at radius 2 is 1.74 bits per heavy atom. The van der Waals surface area contributed by atoms with Gasteiger partial charge in [-0.25, -0.2) is 0 Å². The molecule has 0 radical (unpaired) electrons. The van der Waals surface area contributed by atoms with E-state index in [1.54, 1.807) is 0 Å². The van der Waals surface area contributed by atoms with E-state index in [1.807, 2.05) is 11.8 Å². The van der Waals surface area contributed by atoms with Gasteiger partial charge in [0.2, 0.25) is 11.8 Å². The summed E-state index contributed by atoms with van der Waals surface area (Å²) in [6.07, 6.45) is 3.58. The fourth-order valence-corrected chi connectivity index (χ4v) is 4.71. The van der Waals surface area contributed by atoms with Crippen molar-refractivity contribution in [1.82, 2.24) is 10.6 Å². The van der Waals surface area contributed by atoms with Crippen molar-refractivity contribution in [3.63, 3.8) is 0 Å². The van der Waals surface area contributed by atoms with Gasteiger partial charge in [-0.2, -0.15) is 0 Å². The van der Waals surface area contributed by atoms with Gasteiger partial charge in [0.05, 0.1) is 24.5 Å². The molecule has 0 spiro atoms. The number of piperidine rings is 1. The highest BCUT2D eigenvalue weighted by atomic mass is 35.5. The second-order valence-electron chi connectivity index (χ2n) is 10.5. The summed E-state index contributed by atoms with van der Waals surface area (Å²) in [4.78, 5) is 28.7. The molecule has 2 aliphatic rings. The molecule has 1 aliphatic heterocycles. The number of amides is 2. The third-order valence-electron chi connectivity index (χ3n) is 6.68. The van der Waals surface area contributed by atoms with E-state index in [4.69, 9.17) is 4.74 Å². The minimum Gasteiger partial charge on any atom is -0.380 e. The molecular weight excluding hydrogens is 450 g/mol. The number of anilines is 1. The van der Waals surface area contributed by atoms with E-state index in [1.165, 1.54) is 5.56 Å². The molecule has 1 aromatic rings. The molecule has 2 amide bonds. The molecule has 2 fully saturated rings. The Kier molecular flexibility index (Phi) is 11.3. The molecule has 6 nitrogen and oxygen atoms in total. The van der Waals surface area contributed by atoms with Crippen LogP contribution in [0, 0.1) is 17.8 Å². The number of nitrogens with zero attached hydrogens (tertiary/aromatic N) is 1. The summed E-state index contributed by atoms with van der Waals surface area (Å²) in [5.41, 5.74) is 2.26. The van der Waals surface area contributed by atoms with Gasteiger partial charge >= 0.3 is 0 Å². The molecule has 0 bridgehead atoms. The van der Waals surface area contributed by atoms with E-state index in [-0.39, 0.29) is 42.1 Å². The number of hydrogen-bond acceptors (Lipinski definition) is 4. The predicted molar refractivity (Wildman–Crippen MR) is 141 cm³/mol. The van der Waals surface area contributed by atoms with Crippen molar-refractivity contribution >= 4 is 29.9 Å². The van der Waals surface area contributed by atoms with E-state index in [2.05, 4.69) is 62.6 Å². The molecule has 7 heteroatoms. The Morgan fingerprint density at radius 3 is 2.29 bits per heavy atom. The van der Waals surface area contributed by atoms with Crippen molar-refractivity contribution in [1.29, 1.82) is 0 Å². The number of rotatable bonds is 11. The molecule has 3 atom stereocenters. The molecule has 0 aromatic heterocycles. The summed E-state index contributed by atoms with van der Waals surface area (Å²) in [6.45, 7) is 13.1. The highest BCUT2D eigenvalue weighted by Crippen LogP contribution is 2.35. The Bertz CT molecular complexity index is 780. The normalized spacial score (nSPS) is 21.1. The van der Waals surface area contributed by atoms with Crippen molar-refractivity contribution in [3.05, 3.63) is 29.8 Å². The first-order valence-electron chi connectivity index (χ1n) is 12.8. The van der Waals surface area contributed by atoms with Crippen molar-refractivity contribution in [3.8, 4) is 0 Å². The fraction of sp³-hybridized carbons (Fsp3) is 0.704. The topological polar surface area (TPSA) is 70.7 Å². The molecule has 34 heavy (non-hydrogen) atoms. The zero-order valence-corrected chi connectivity index (χ0v) is 22.3. The molecule has 2 N–H and O–H groups in total. The fourth-order valence-electron chi connectivity index (χ4n) is 4.71. The molecule has 1 heterocycles. The van der Waals surface area contributed by atoms with Crippen LogP contribution in [0.5, 0.6) is 0 Å². The quantitative estimate of drug-likeness (QED) is 0.475. The zero-order valence-electron chi connectivity index (χ0n) is 21.5. The second kappa shape index (κ2) is 13.5. The third kappa shape index (κ3) is 7.96. The van der Waals surface area contributed by atoms with Crippen molar-refractivity contribution in [2.24, 2.45) is 17.8 Å². The van der Waals surface area contributed by atoms with Crippen LogP contribution < -0.4 is 15.5 Å². The van der Waals surface area contributed by atoms with E-state index >= 15 is 0 Å². The summed E-state index contributed by atoms with van der Waals surface area (Å²) in [6, 6.07) is 8.72. The Balaban J connectivity index is 0.00000408. The summed E-state index contributed by atoms with van der Waals surface area (Å²) in [7, 11) is 0. The molecule has 1 saturated carbocycles. The van der Waals surface area contributed by atoms with Crippen molar-refractivity contribution in [2.45, 2.75) is 78.3 Å². The SMILES string of the molecule is CCOC[C@@H](CC(C)C)NC(=O)[C@@H]1CNC[C@H](C(=O)N(c2ccc(C(C)C)cc2)C2CC2)C1.Cl. The van der Waals surface area contributed by atoms with Crippen LogP contribution in [0.15, 0.2) is 24.3 Å². The van der Waals surface area contributed by atoms with E-state index in [0.29, 0.717) is 50.6 Å². The van der Waals surface area contributed by atoms with Crippen molar-refractivity contribution in [2.75, 3.05) is 31.2 Å². The Labute approximate surface area is 212 Å². The van der Waals surface area contributed by atoms with Gasteiger partial charge in [0.1, 0.15) is 0 Å². The van der Waals surface area contributed by atoms with Crippen LogP contribution in [0.4, 0.5) is 5.69 Å². The van der Waals surface area contributed by atoms with Crippen LogP contribution >= 0.6 is 12.4 Å². The third-order valence-corrected chi connectivity index (χ3v) is 6.68. The first kappa shape index (κ1) is 28.6. The number of carbonyl (C=O) groups is 2. The van der Waals surface area contributed by atoms with Gasteiger partial charge in [0, 0.05) is 31.4 Å². The summed E-state index contributed by atoms with van der Waals surface area (Å²) in [5.74, 6) is 0.734. The lowest BCUT2D eigenvalue weighted by atomic mass is 9.88. The van der Waals surface area contributed by atoms with Crippen LogP contribution in [-0.4, -0.2) is 50.2 Å². The maximum atomic E-state index is 13.6. The first-order chi connectivity index (χ1) is 15.8. The van der Waals surface area contributed by atoms with E-state index in [9.17, 15) is 9.59 Å². The number of nitrogens with one attached hydrogen (secondary N) is 2. The van der Waals surface area contributed by atoms with E-state index < -0.39 is 0 Å². The van der Waals surface area contributed by atoms with Gasteiger partial charge in [-0.1, -0.05) is 39.8 Å². The largest absolute Gasteiger partial charge is 0.380 e. The number of ether oxygens (including phenoxy) is 1. The Morgan fingerprint density at radius 1 is 1.09 bits per heavy atom. The molecule has 1 aliphatic carbocycles. The van der Waals surface area contributed by atoms with Crippen LogP contribution in [0.25, 0.3) is 0 Å². The molecule has 192 valence electrons. The number of hydrogen-bond donors (Lipinski definition) is 2. The maximum absolute atomic E-state index is 13.6. The van der Waals surface area contributed by atoms with Gasteiger partial charge in [0.15, 0.2) is 0 Å². The number of carbonyl (C=O) groups excluding carboxylic acids is 2. The summed E-state index contributed by atoms with van der Waals surface area (Å²) in [5, 5.41) is 6.55. The maximum Gasteiger partial charge on any atom is 0.231 e. The van der Waals surface area contributed by atoms with Gasteiger partial charge in [-0.05, 0) is 62.1 Å². The van der Waals surface area contributed by atoms with Gasteiger partial charge in [-0.15, -0.1) is 12.4 Å². The lowest BCUT2D eigenvalue weighted by Crippen LogP contribution is -2.51. The van der Waals surface area contributed by atoms with Gasteiger partial charge in [0.25, 0.3) is 0 Å². The minimum absolute atomic E-state index is 0. The standard InChI is InChI=1S/C27H43N3O3.ClH/c1-6-33-17-23(13-18(2)3)29-26(31)21-14-22(16-28-15-21)27(32)30(25-11-12-25)24-9-7-20(8-10-24)19(4)5;/h7-10,18-19,21-23,25,28H,6,11-17H2,1-5H3,(H,29,31);1H/t21-,22+,23+;/m0./s1. The lowest BCUT2D eigenvalue weighted by molar-refractivity contribution is -0.129. The summed E-state index contributed by atoms with van der Waals surface area (Å²) < 4.78 is 5.59. The number of halogens is 1. The highest BCUT2D eigenvalue weighted by molar-refractivity contribution is 5.96. The van der Waals surface area contributed by atoms with E-state index in [0.717, 1.165) is 24.9 Å². The summed E-state index contributed by atoms with van der Waals surface area (Å²) >= 11 is 0. The molecule has 1 saturated heterocycles. The predicted octanol–water partition coefficient (Wildman–Crippen LogP) is 4.52. The average Bonchev–Trinajstić information content (AvgIpc) is 3.62. The molecule has 0 unspecified atom stereocenters. The minimum atomic E-state index is -0.201. The zero-order chi connectivity index (χ0) is 24.0. The average molecular weight is 494 g/mol. The van der Waals surface area contributed by atoms with Crippen molar-refractivity contribution < 1.29 is 14.3 Å². The molecular formula is C27H44ClN3O3. The smallest absolute Gasteiger partial charge is 0.231 e. The van der Waals surface area contributed by atoms with Crippen LogP contribution in [0.3, 0.4) is 0 Å². The molecule has 1 aromatic carbocycles. The van der Waals surface area contributed by atoms with Crippen LogP contribution in [0.2, 0.25) is 0 Å². The van der Waals surface area contributed by atoms with Gasteiger partial charge < -0.3 is 20.3 Å². The Hall–Kier alpha value is -1.63. The number of benzene rings is 1.